The summed E-state index contributed by atoms with van der Waals surface area (Å²) in [5, 5.41) is 16.1. The fourth-order valence-electron chi connectivity index (χ4n) is 8.68. The van der Waals surface area contributed by atoms with Crippen LogP contribution in [0.25, 0.3) is 0 Å². The SMILES string of the molecule is CO/N=C(\C)[C@H]1[C@H]([C@H](C)[N+](=O)[O-])C[C@H]2[C@@H]3CC=C4C[C@H](OC(C)=O)CC[C@]4(C)[C@H]3CC[C@@]21C. The summed E-state index contributed by atoms with van der Waals surface area (Å²) in [5.74, 6) is 1.41. The number of carbonyl (C=O) groups excluding carboxylic acids is 1. The number of carbonyl (C=O) groups is 1. The maximum Gasteiger partial charge on any atom is 0.302 e. The van der Waals surface area contributed by atoms with Gasteiger partial charge in [0.25, 0.3) is 0 Å². The van der Waals surface area contributed by atoms with Gasteiger partial charge in [0.2, 0.25) is 6.04 Å². The normalized spacial score (nSPS) is 43.5. The number of rotatable bonds is 5. The van der Waals surface area contributed by atoms with Crippen molar-refractivity contribution in [1.29, 1.82) is 0 Å². The third kappa shape index (κ3) is 3.89. The lowest BCUT2D eigenvalue weighted by Gasteiger charge is -2.58. The standard InChI is InChI=1S/C26H40N2O5/c1-15(27-32-6)24-21(16(2)28(30)31)14-23-20-8-7-18-13-19(33-17(3)29)9-11-25(18,4)22(20)10-12-26(23,24)5/h7,16,19-24H,8-14H2,1-6H3/b27-15+/t16-,19+,20+,21-,22-,23-,24-,25-,26-/m0/s1. The first-order chi connectivity index (χ1) is 15.5. The van der Waals surface area contributed by atoms with Gasteiger partial charge in [-0.15, -0.1) is 0 Å². The van der Waals surface area contributed by atoms with E-state index in [4.69, 9.17) is 9.57 Å². The van der Waals surface area contributed by atoms with Crippen LogP contribution in [0.5, 0.6) is 0 Å². The number of oxime groups is 1. The van der Waals surface area contributed by atoms with E-state index in [2.05, 4.69) is 25.1 Å². The Balaban J connectivity index is 1.66. The minimum atomic E-state index is -0.595. The zero-order chi connectivity index (χ0) is 24.1. The van der Waals surface area contributed by atoms with Crippen molar-refractivity contribution in [3.05, 3.63) is 21.8 Å². The monoisotopic (exact) mass is 460 g/mol. The highest BCUT2D eigenvalue weighted by Crippen LogP contribution is 2.68. The number of ether oxygens (including phenoxy) is 1. The van der Waals surface area contributed by atoms with E-state index in [0.717, 1.165) is 50.7 Å². The summed E-state index contributed by atoms with van der Waals surface area (Å²) in [6.07, 6.45) is 9.36. The number of allylic oxidation sites excluding steroid dienone is 1. The maximum absolute atomic E-state index is 11.8. The van der Waals surface area contributed by atoms with Crippen LogP contribution >= 0.6 is 0 Å². The van der Waals surface area contributed by atoms with Crippen molar-refractivity contribution in [1.82, 2.24) is 0 Å². The molecule has 0 aliphatic heterocycles. The quantitative estimate of drug-likeness (QED) is 0.180. The fraction of sp³-hybridized carbons (Fsp3) is 0.846. The Morgan fingerprint density at radius 1 is 1.24 bits per heavy atom. The summed E-state index contributed by atoms with van der Waals surface area (Å²) in [6, 6.07) is -0.595. The van der Waals surface area contributed by atoms with Crippen LogP contribution in [0.1, 0.15) is 79.6 Å². The molecular weight excluding hydrogens is 420 g/mol. The Kier molecular flexibility index (Phi) is 6.38. The van der Waals surface area contributed by atoms with Gasteiger partial charge in [-0.3, -0.25) is 14.9 Å². The van der Waals surface area contributed by atoms with Crippen molar-refractivity contribution < 1.29 is 19.3 Å². The molecule has 3 fully saturated rings. The molecular formula is C26H40N2O5. The Morgan fingerprint density at radius 2 is 1.97 bits per heavy atom. The average Bonchev–Trinajstić information content (AvgIpc) is 3.06. The number of hydrogen-bond acceptors (Lipinski definition) is 6. The third-order valence-corrected chi connectivity index (χ3v) is 10.1. The Labute approximate surface area is 197 Å². The molecule has 0 heterocycles. The van der Waals surface area contributed by atoms with Crippen molar-refractivity contribution in [2.45, 2.75) is 91.7 Å². The molecule has 0 aromatic carbocycles. The minimum absolute atomic E-state index is 0.00113. The van der Waals surface area contributed by atoms with Gasteiger partial charge < -0.3 is 9.57 Å². The van der Waals surface area contributed by atoms with E-state index in [1.165, 1.54) is 12.5 Å². The number of nitro groups is 1. The predicted octanol–water partition coefficient (Wildman–Crippen LogP) is 5.41. The van der Waals surface area contributed by atoms with Crippen molar-refractivity contribution in [2.75, 3.05) is 7.11 Å². The van der Waals surface area contributed by atoms with E-state index in [1.807, 2.05) is 6.92 Å². The molecule has 33 heavy (non-hydrogen) atoms. The van der Waals surface area contributed by atoms with Crippen molar-refractivity contribution >= 4 is 11.7 Å². The molecule has 0 amide bonds. The van der Waals surface area contributed by atoms with E-state index in [0.29, 0.717) is 17.8 Å². The van der Waals surface area contributed by atoms with E-state index in [1.54, 1.807) is 14.0 Å². The number of nitrogens with zero attached hydrogens (tertiary/aromatic N) is 2. The highest BCUT2D eigenvalue weighted by Gasteiger charge is 2.63. The third-order valence-electron chi connectivity index (χ3n) is 10.1. The van der Waals surface area contributed by atoms with Gasteiger partial charge in [0.1, 0.15) is 13.2 Å². The van der Waals surface area contributed by atoms with Crippen molar-refractivity contribution in [3.63, 3.8) is 0 Å². The zero-order valence-corrected chi connectivity index (χ0v) is 21.0. The van der Waals surface area contributed by atoms with Crippen LogP contribution in [0.4, 0.5) is 0 Å². The van der Waals surface area contributed by atoms with E-state index in [-0.39, 0.29) is 39.7 Å². The van der Waals surface area contributed by atoms with Gasteiger partial charge in [0.15, 0.2) is 0 Å². The number of hydrogen-bond donors (Lipinski definition) is 0. The van der Waals surface area contributed by atoms with Gasteiger partial charge >= 0.3 is 5.97 Å². The minimum Gasteiger partial charge on any atom is -0.462 e. The molecule has 4 aliphatic carbocycles. The van der Waals surface area contributed by atoms with E-state index >= 15 is 0 Å². The lowest BCUT2D eigenvalue weighted by molar-refractivity contribution is -0.528. The number of esters is 1. The van der Waals surface area contributed by atoms with Crippen LogP contribution in [0.2, 0.25) is 0 Å². The molecule has 9 atom stereocenters. The molecule has 0 radical (unpaired) electrons. The van der Waals surface area contributed by atoms with Gasteiger partial charge in [-0.1, -0.05) is 30.7 Å². The first-order valence-corrected chi connectivity index (χ1v) is 12.6. The second kappa shape index (κ2) is 8.70. The topological polar surface area (TPSA) is 91.0 Å². The molecule has 0 aromatic heterocycles. The molecule has 4 rings (SSSR count). The van der Waals surface area contributed by atoms with Gasteiger partial charge in [-0.2, -0.15) is 0 Å². The summed E-state index contributed by atoms with van der Waals surface area (Å²) in [6.45, 7) is 10.0. The Bertz CT molecular complexity index is 869. The highest BCUT2D eigenvalue weighted by molar-refractivity contribution is 5.85. The van der Waals surface area contributed by atoms with Gasteiger partial charge in [-0.25, -0.2) is 0 Å². The molecule has 0 bridgehead atoms. The molecule has 0 N–H and O–H groups in total. The molecule has 0 spiro atoms. The van der Waals surface area contributed by atoms with Gasteiger partial charge in [0.05, 0.1) is 5.71 Å². The maximum atomic E-state index is 11.8. The summed E-state index contributed by atoms with van der Waals surface area (Å²) >= 11 is 0. The predicted molar refractivity (Wildman–Crippen MR) is 126 cm³/mol. The molecule has 4 aliphatic rings. The van der Waals surface area contributed by atoms with Crippen LogP contribution in [0.3, 0.4) is 0 Å². The average molecular weight is 461 g/mol. The first-order valence-electron chi connectivity index (χ1n) is 12.6. The second-order valence-electron chi connectivity index (χ2n) is 11.6. The van der Waals surface area contributed by atoms with Crippen LogP contribution in [0, 0.1) is 50.5 Å². The molecule has 7 heteroatoms. The summed E-state index contributed by atoms with van der Waals surface area (Å²) in [7, 11) is 1.56. The van der Waals surface area contributed by atoms with E-state index in [9.17, 15) is 14.9 Å². The fourth-order valence-corrected chi connectivity index (χ4v) is 8.68. The summed E-state index contributed by atoms with van der Waals surface area (Å²) in [5.41, 5.74) is 2.50. The second-order valence-corrected chi connectivity index (χ2v) is 11.6. The Hall–Kier alpha value is -1.92. The lowest BCUT2D eigenvalue weighted by atomic mass is 9.47. The van der Waals surface area contributed by atoms with Gasteiger partial charge in [-0.05, 0) is 74.0 Å². The largest absolute Gasteiger partial charge is 0.462 e. The highest BCUT2D eigenvalue weighted by atomic mass is 16.6. The lowest BCUT2D eigenvalue weighted by Crippen LogP contribution is -2.51. The molecule has 184 valence electrons. The van der Waals surface area contributed by atoms with Crippen LogP contribution < -0.4 is 0 Å². The Morgan fingerprint density at radius 3 is 2.61 bits per heavy atom. The summed E-state index contributed by atoms with van der Waals surface area (Å²) in [4.78, 5) is 28.4. The number of fused-ring (bicyclic) bond motifs is 5. The smallest absolute Gasteiger partial charge is 0.302 e. The molecule has 7 nitrogen and oxygen atoms in total. The van der Waals surface area contributed by atoms with E-state index < -0.39 is 6.04 Å². The van der Waals surface area contributed by atoms with Crippen molar-refractivity contribution in [3.8, 4) is 0 Å². The molecule has 0 saturated heterocycles. The zero-order valence-electron chi connectivity index (χ0n) is 21.0. The van der Waals surface area contributed by atoms with Crippen LogP contribution in [-0.2, 0) is 14.4 Å². The van der Waals surface area contributed by atoms with Crippen molar-refractivity contribution in [2.24, 2.45) is 45.6 Å². The van der Waals surface area contributed by atoms with Gasteiger partial charge in [0, 0.05) is 37.0 Å². The molecule has 0 aromatic rings. The molecule has 3 saturated carbocycles. The molecule has 0 unspecified atom stereocenters. The first kappa shape index (κ1) is 24.2. The summed E-state index contributed by atoms with van der Waals surface area (Å²) < 4.78 is 5.56. The van der Waals surface area contributed by atoms with Crippen LogP contribution in [-0.4, -0.2) is 35.9 Å². The van der Waals surface area contributed by atoms with Crippen LogP contribution in [0.15, 0.2) is 16.8 Å².